The number of rotatable bonds is 20. The first-order valence-electron chi connectivity index (χ1n) is 17.0. The van der Waals surface area contributed by atoms with Gasteiger partial charge in [-0.05, 0) is 25.7 Å². The van der Waals surface area contributed by atoms with Crippen molar-refractivity contribution in [2.75, 3.05) is 81.0 Å². The number of hydrogen-bond acceptors (Lipinski definition) is 8. The second kappa shape index (κ2) is 20.3. The van der Waals surface area contributed by atoms with Crippen molar-refractivity contribution in [3.8, 4) is 0 Å². The molecule has 240 valence electrons. The lowest BCUT2D eigenvalue weighted by molar-refractivity contribution is 0.287. The van der Waals surface area contributed by atoms with Gasteiger partial charge in [-0.25, -0.2) is 0 Å². The third-order valence-electron chi connectivity index (χ3n) is 8.53. The van der Waals surface area contributed by atoms with Crippen LogP contribution in [0.1, 0.15) is 89.9 Å². The molecule has 0 unspecified atom stereocenters. The molecule has 8 nitrogen and oxygen atoms in total. The van der Waals surface area contributed by atoms with E-state index >= 15 is 0 Å². The Hall–Kier alpha value is -2.64. The molecule has 0 radical (unpaired) electrons. The monoisotopic (exact) mass is 585 g/mol. The summed E-state index contributed by atoms with van der Waals surface area (Å²) in [6.45, 7) is 9.15. The maximum Gasteiger partial charge on any atom is 0.0890 e. The molecule has 4 rings (SSSR count). The first-order chi connectivity index (χ1) is 20.5. The molecule has 0 fully saturated rings. The Morgan fingerprint density at radius 3 is 0.643 bits per heavy atom. The van der Waals surface area contributed by atoms with Crippen LogP contribution in [0.15, 0.2) is 49.6 Å². The molecule has 8 heteroatoms. The summed E-state index contributed by atoms with van der Waals surface area (Å²) in [6.07, 6.45) is 36.8. The Kier molecular flexibility index (Phi) is 16.4. The number of nitrogens with zero attached hydrogens (tertiary/aromatic N) is 8. The highest BCUT2D eigenvalue weighted by atomic mass is 15.3. The third-order valence-corrected chi connectivity index (χ3v) is 8.53. The quantitative estimate of drug-likeness (QED) is 0.158. The first-order valence-corrected chi connectivity index (χ1v) is 17.0. The molecular formula is C34H64N8. The summed E-state index contributed by atoms with van der Waals surface area (Å²) in [5, 5.41) is 0. The van der Waals surface area contributed by atoms with Gasteiger partial charge in [-0.2, -0.15) is 0 Å². The van der Waals surface area contributed by atoms with Gasteiger partial charge in [-0.3, -0.25) is 0 Å². The highest BCUT2D eigenvalue weighted by Crippen LogP contribution is 2.13. The zero-order chi connectivity index (χ0) is 29.8. The topological polar surface area (TPSA) is 25.9 Å². The molecule has 4 aliphatic rings. The van der Waals surface area contributed by atoms with Crippen LogP contribution >= 0.6 is 0 Å². The van der Waals surface area contributed by atoms with E-state index in [9.17, 15) is 0 Å². The summed E-state index contributed by atoms with van der Waals surface area (Å²) in [7, 11) is 8.52. The predicted molar refractivity (Wildman–Crippen MR) is 179 cm³/mol. The molecule has 0 amide bonds. The largest absolute Gasteiger partial charge is 0.362 e. The second-order valence-electron chi connectivity index (χ2n) is 13.0. The third kappa shape index (κ3) is 15.0. The molecule has 0 N–H and O–H groups in total. The normalized spacial score (nSPS) is 17.6. The Morgan fingerprint density at radius 2 is 0.476 bits per heavy atom. The van der Waals surface area contributed by atoms with Crippen molar-refractivity contribution in [3.05, 3.63) is 49.6 Å². The van der Waals surface area contributed by atoms with Crippen molar-refractivity contribution >= 4 is 0 Å². The minimum Gasteiger partial charge on any atom is -0.362 e. The van der Waals surface area contributed by atoms with Crippen LogP contribution in [0.3, 0.4) is 0 Å². The van der Waals surface area contributed by atoms with Crippen molar-refractivity contribution in [1.82, 2.24) is 39.2 Å². The Balaban J connectivity index is 0.000000231. The summed E-state index contributed by atoms with van der Waals surface area (Å²) < 4.78 is 0. The summed E-state index contributed by atoms with van der Waals surface area (Å²) >= 11 is 0. The number of hydrogen-bond donors (Lipinski definition) is 0. The van der Waals surface area contributed by atoms with E-state index in [0.717, 1.165) is 26.7 Å². The van der Waals surface area contributed by atoms with Gasteiger partial charge in [0.05, 0.1) is 26.7 Å². The maximum absolute atomic E-state index is 2.41. The van der Waals surface area contributed by atoms with E-state index in [2.05, 4.69) is 117 Å². The van der Waals surface area contributed by atoms with Gasteiger partial charge < -0.3 is 39.2 Å². The highest BCUT2D eigenvalue weighted by Gasteiger charge is 2.09. The molecule has 0 spiro atoms. The SMILES string of the molecule is CN1C=CN(CCCCCCCCCCN2C=CN(C)C2)C1.CN1C=CN(CCCCCCCCN2C=CN(C)C2)C1. The molecule has 0 aliphatic carbocycles. The van der Waals surface area contributed by atoms with Crippen LogP contribution in [-0.2, 0) is 0 Å². The second-order valence-corrected chi connectivity index (χ2v) is 13.0. The molecule has 0 saturated carbocycles. The maximum atomic E-state index is 2.41. The Labute approximate surface area is 259 Å². The van der Waals surface area contributed by atoms with Crippen LogP contribution in [0.5, 0.6) is 0 Å². The molecule has 0 aromatic rings. The van der Waals surface area contributed by atoms with Crippen LogP contribution in [0.25, 0.3) is 0 Å². The van der Waals surface area contributed by atoms with E-state index in [0.29, 0.717) is 0 Å². The fourth-order valence-corrected chi connectivity index (χ4v) is 5.96. The van der Waals surface area contributed by atoms with Gasteiger partial charge in [0.1, 0.15) is 0 Å². The summed E-state index contributed by atoms with van der Waals surface area (Å²) in [5.41, 5.74) is 0. The zero-order valence-corrected chi connectivity index (χ0v) is 27.8. The summed E-state index contributed by atoms with van der Waals surface area (Å²) in [4.78, 5) is 18.5. The Bertz CT molecular complexity index is 745. The van der Waals surface area contributed by atoms with Gasteiger partial charge >= 0.3 is 0 Å². The van der Waals surface area contributed by atoms with E-state index in [-0.39, 0.29) is 0 Å². The lowest BCUT2D eigenvalue weighted by atomic mass is 10.1. The van der Waals surface area contributed by atoms with Gasteiger partial charge in [-0.15, -0.1) is 0 Å². The fourth-order valence-electron chi connectivity index (χ4n) is 5.96. The van der Waals surface area contributed by atoms with Crippen molar-refractivity contribution in [2.45, 2.75) is 89.9 Å². The van der Waals surface area contributed by atoms with Crippen LogP contribution in [0.2, 0.25) is 0 Å². The van der Waals surface area contributed by atoms with E-state index in [1.165, 1.54) is 116 Å². The smallest absolute Gasteiger partial charge is 0.0890 e. The minimum atomic E-state index is 1.07. The predicted octanol–water partition coefficient (Wildman–Crippen LogP) is 6.14. The lowest BCUT2D eigenvalue weighted by Gasteiger charge is -2.18. The summed E-state index contributed by atoms with van der Waals surface area (Å²) in [6, 6.07) is 0. The molecule has 42 heavy (non-hydrogen) atoms. The fraction of sp³-hybridized carbons (Fsp3) is 0.765. The molecule has 0 atom stereocenters. The zero-order valence-electron chi connectivity index (χ0n) is 27.8. The van der Waals surface area contributed by atoms with Gasteiger partial charge in [-0.1, -0.05) is 64.2 Å². The summed E-state index contributed by atoms with van der Waals surface area (Å²) in [5.74, 6) is 0. The minimum absolute atomic E-state index is 1.07. The van der Waals surface area contributed by atoms with Crippen LogP contribution in [0.4, 0.5) is 0 Å². The highest BCUT2D eigenvalue weighted by molar-refractivity contribution is 4.90. The Morgan fingerprint density at radius 1 is 0.286 bits per heavy atom. The molecule has 0 bridgehead atoms. The first kappa shape index (κ1) is 33.9. The van der Waals surface area contributed by atoms with E-state index in [4.69, 9.17) is 0 Å². The van der Waals surface area contributed by atoms with Gasteiger partial charge in [0.2, 0.25) is 0 Å². The van der Waals surface area contributed by atoms with Gasteiger partial charge in [0.15, 0.2) is 0 Å². The van der Waals surface area contributed by atoms with Gasteiger partial charge in [0, 0.05) is 104 Å². The van der Waals surface area contributed by atoms with E-state index in [1.807, 2.05) is 0 Å². The van der Waals surface area contributed by atoms with Crippen molar-refractivity contribution < 1.29 is 0 Å². The average Bonchev–Trinajstić information content (AvgIpc) is 3.77. The molecule has 4 aliphatic heterocycles. The standard InChI is InChI=1S/C18H34N4.C16H30N4/c1-19-13-15-21(17-19)11-9-7-5-3-4-6-8-10-12-22-16-14-20(2)18-22;1-17-11-13-19(15-17)9-7-5-3-4-6-8-10-20-14-12-18(2)16-20/h13-16H,3-12,17-18H2,1-2H3;11-14H,3-10,15-16H2,1-2H3. The van der Waals surface area contributed by atoms with Crippen molar-refractivity contribution in [3.63, 3.8) is 0 Å². The van der Waals surface area contributed by atoms with Crippen LogP contribution in [-0.4, -0.2) is 120 Å². The van der Waals surface area contributed by atoms with Crippen LogP contribution < -0.4 is 0 Å². The van der Waals surface area contributed by atoms with Crippen LogP contribution in [0, 0.1) is 0 Å². The molecule has 0 saturated heterocycles. The molecule has 0 aromatic heterocycles. The molecule has 0 aromatic carbocycles. The lowest BCUT2D eigenvalue weighted by Crippen LogP contribution is -2.23. The van der Waals surface area contributed by atoms with Gasteiger partial charge in [0.25, 0.3) is 0 Å². The van der Waals surface area contributed by atoms with Crippen molar-refractivity contribution in [2.24, 2.45) is 0 Å². The average molecular weight is 585 g/mol. The number of unbranched alkanes of at least 4 members (excludes halogenated alkanes) is 12. The molecular weight excluding hydrogens is 520 g/mol. The van der Waals surface area contributed by atoms with Crippen molar-refractivity contribution in [1.29, 1.82) is 0 Å². The van der Waals surface area contributed by atoms with E-state index < -0.39 is 0 Å². The molecule has 4 heterocycles. The van der Waals surface area contributed by atoms with E-state index in [1.54, 1.807) is 0 Å².